The third-order valence-electron chi connectivity index (χ3n) is 2.75. The molecule has 0 radical (unpaired) electrons. The molecule has 0 amide bonds. The Balaban J connectivity index is 2.05. The molecule has 0 aliphatic carbocycles. The summed E-state index contributed by atoms with van der Waals surface area (Å²) in [6.45, 7) is -0.223. The highest BCUT2D eigenvalue weighted by Crippen LogP contribution is 2.46. The monoisotopic (exact) mass is 327 g/mol. The Hall–Kier alpha value is -0.800. The van der Waals surface area contributed by atoms with E-state index in [1.165, 1.54) is 6.20 Å². The van der Waals surface area contributed by atoms with Gasteiger partial charge in [-0.3, -0.25) is 14.3 Å². The molecule has 1 aliphatic rings. The summed E-state index contributed by atoms with van der Waals surface area (Å²) in [5.74, 6) is 0. The van der Waals surface area contributed by atoms with Gasteiger partial charge in [0.25, 0.3) is 5.56 Å². The summed E-state index contributed by atoms with van der Waals surface area (Å²) < 4.78 is 11.1. The van der Waals surface area contributed by atoms with Gasteiger partial charge in [-0.05, 0) is 12.8 Å². The molecule has 2 unspecified atom stereocenters. The quantitative estimate of drug-likeness (QED) is 0.550. The van der Waals surface area contributed by atoms with Gasteiger partial charge in [-0.15, -0.1) is 0 Å². The highest BCUT2D eigenvalue weighted by molar-refractivity contribution is 7.53. The molecule has 0 spiro atoms. The van der Waals surface area contributed by atoms with Crippen molar-refractivity contribution in [2.75, 3.05) is 6.61 Å². The largest absolute Gasteiger partial charge is 0.567 e. The fraction of sp³-hybridized carbons (Fsp3) is 0.556. The van der Waals surface area contributed by atoms with E-state index < -0.39 is 31.8 Å². The first-order chi connectivity index (χ1) is 9.26. The maximum Gasteiger partial charge on any atom is 0.567 e. The number of H-pyrrole nitrogens is 1. The summed E-state index contributed by atoms with van der Waals surface area (Å²) in [6.07, 6.45) is 0.952. The van der Waals surface area contributed by atoms with Crippen LogP contribution in [0.25, 0.3) is 0 Å². The number of aromatic amines is 1. The smallest absolute Gasteiger partial charge is 0.352 e. The maximum absolute atomic E-state index is 11.6. The molecule has 1 aliphatic heterocycles. The molecule has 1 aromatic rings. The van der Waals surface area contributed by atoms with E-state index in [9.17, 15) is 9.59 Å². The first-order valence-corrected chi connectivity index (χ1v) is 7.59. The van der Waals surface area contributed by atoms with E-state index in [0.717, 1.165) is 4.57 Å². The van der Waals surface area contributed by atoms with E-state index >= 15 is 0 Å². The minimum absolute atomic E-state index is 0.140. The fourth-order valence-corrected chi connectivity index (χ4v) is 2.39. The van der Waals surface area contributed by atoms with Crippen LogP contribution >= 0.6 is 19.8 Å². The highest BCUT2D eigenvalue weighted by atomic mass is 35.5. The van der Waals surface area contributed by atoms with Gasteiger partial charge in [-0.25, -0.2) is 4.79 Å². The number of ether oxygens (including phenoxy) is 1. The molecule has 0 aromatic carbocycles. The van der Waals surface area contributed by atoms with Crippen molar-refractivity contribution < 1.29 is 23.9 Å². The molecular formula is C9H13ClN2O7P+. The number of hydrogen-bond acceptors (Lipinski definition) is 7. The molecule has 9 nitrogen and oxygen atoms in total. The zero-order chi connectivity index (χ0) is 14.9. The minimum atomic E-state index is -4.30. The van der Waals surface area contributed by atoms with Crippen molar-refractivity contribution >= 4 is 19.8 Å². The van der Waals surface area contributed by atoms with E-state index in [4.69, 9.17) is 31.0 Å². The maximum atomic E-state index is 11.6. The Bertz CT molecular complexity index is 595. The van der Waals surface area contributed by atoms with Gasteiger partial charge in [-0.1, -0.05) is 11.6 Å². The molecule has 1 fully saturated rings. The van der Waals surface area contributed by atoms with Crippen molar-refractivity contribution in [3.63, 3.8) is 0 Å². The lowest BCUT2D eigenvalue weighted by Gasteiger charge is -2.15. The Labute approximate surface area is 118 Å². The van der Waals surface area contributed by atoms with E-state index in [2.05, 4.69) is 4.52 Å². The molecule has 2 heterocycles. The molecule has 1 saturated heterocycles. The van der Waals surface area contributed by atoms with Crippen molar-refractivity contribution in [3.05, 3.63) is 32.1 Å². The number of nitrogens with zero attached hydrogens (tertiary/aromatic N) is 1. The number of hydrogen-bond donors (Lipinski definition) is 4. The average molecular weight is 328 g/mol. The van der Waals surface area contributed by atoms with Gasteiger partial charge in [0.15, 0.2) is 0 Å². The molecule has 11 heteroatoms. The fourth-order valence-electron chi connectivity index (χ4n) is 1.87. The Morgan fingerprint density at radius 1 is 1.45 bits per heavy atom. The Morgan fingerprint density at radius 3 is 2.80 bits per heavy atom. The van der Waals surface area contributed by atoms with Crippen LogP contribution in [0.2, 0.25) is 5.02 Å². The summed E-state index contributed by atoms with van der Waals surface area (Å²) in [5.41, 5.74) is -1.33. The van der Waals surface area contributed by atoms with E-state index in [0.29, 0.717) is 12.8 Å². The number of halogens is 1. The molecule has 1 aromatic heterocycles. The Kier molecular flexibility index (Phi) is 4.60. The average Bonchev–Trinajstić information content (AvgIpc) is 2.79. The van der Waals surface area contributed by atoms with E-state index in [1.807, 2.05) is 4.98 Å². The molecule has 20 heavy (non-hydrogen) atoms. The Morgan fingerprint density at radius 2 is 2.15 bits per heavy atom. The second-order valence-corrected chi connectivity index (χ2v) is 5.93. The first-order valence-electron chi connectivity index (χ1n) is 5.64. The number of nitrogens with one attached hydrogen (secondary N) is 1. The second-order valence-electron chi connectivity index (χ2n) is 4.24. The van der Waals surface area contributed by atoms with Crippen LogP contribution in [-0.2, 0) is 9.26 Å². The van der Waals surface area contributed by atoms with Gasteiger partial charge in [0, 0.05) is 6.20 Å². The van der Waals surface area contributed by atoms with Gasteiger partial charge in [-0.2, -0.15) is 19.2 Å². The van der Waals surface area contributed by atoms with Crippen LogP contribution in [-0.4, -0.2) is 36.9 Å². The normalized spacial score (nSPS) is 23.2. The third kappa shape index (κ3) is 3.86. The topological polar surface area (TPSA) is 134 Å². The van der Waals surface area contributed by atoms with Crippen LogP contribution in [0.15, 0.2) is 15.8 Å². The van der Waals surface area contributed by atoms with Gasteiger partial charge in [0.1, 0.15) is 17.9 Å². The van der Waals surface area contributed by atoms with Crippen molar-refractivity contribution in [2.24, 2.45) is 0 Å². The number of aromatic nitrogens is 2. The molecule has 2 rings (SSSR count). The summed E-state index contributed by atoms with van der Waals surface area (Å²) in [5, 5.41) is -0.140. The van der Waals surface area contributed by atoms with Gasteiger partial charge in [0.2, 0.25) is 0 Å². The third-order valence-corrected chi connectivity index (χ3v) is 3.52. The van der Waals surface area contributed by atoms with Crippen molar-refractivity contribution in [3.8, 4) is 0 Å². The van der Waals surface area contributed by atoms with Crippen molar-refractivity contribution in [2.45, 2.75) is 25.2 Å². The SMILES string of the molecule is O=c1[nH]c(=O)n(C2CCC(CO[P+](O)(O)O)O2)cc1Cl. The predicted molar refractivity (Wildman–Crippen MR) is 69.0 cm³/mol. The molecule has 0 bridgehead atoms. The zero-order valence-corrected chi connectivity index (χ0v) is 11.8. The van der Waals surface area contributed by atoms with Gasteiger partial charge < -0.3 is 4.74 Å². The summed E-state index contributed by atoms with van der Waals surface area (Å²) >= 11 is 5.64. The van der Waals surface area contributed by atoms with E-state index in [1.54, 1.807) is 0 Å². The van der Waals surface area contributed by atoms with Crippen LogP contribution in [0.3, 0.4) is 0 Å². The van der Waals surface area contributed by atoms with Crippen LogP contribution in [0.4, 0.5) is 0 Å². The van der Waals surface area contributed by atoms with Crippen LogP contribution in [0.1, 0.15) is 19.1 Å². The lowest BCUT2D eigenvalue weighted by Crippen LogP contribution is -2.32. The summed E-state index contributed by atoms with van der Waals surface area (Å²) in [4.78, 5) is 50.9. The van der Waals surface area contributed by atoms with Crippen LogP contribution in [0.5, 0.6) is 0 Å². The molecule has 0 saturated carbocycles. The van der Waals surface area contributed by atoms with Crippen molar-refractivity contribution in [1.82, 2.24) is 9.55 Å². The molecular weight excluding hydrogens is 315 g/mol. The standard InChI is InChI=1S/C9H12ClN2O7P/c10-6-3-12(9(14)11-8(6)13)7-2-1-5(19-7)4-18-20(15,16)17/h3,5,7,15-17H,1-2,4H2/p+1. The van der Waals surface area contributed by atoms with Gasteiger partial charge in [0.05, 0.1) is 6.10 Å². The molecule has 2 atom stereocenters. The first kappa shape index (κ1) is 15.6. The highest BCUT2D eigenvalue weighted by Gasteiger charge is 2.37. The second kappa shape index (κ2) is 5.90. The van der Waals surface area contributed by atoms with Crippen molar-refractivity contribution in [1.29, 1.82) is 0 Å². The van der Waals surface area contributed by atoms with Crippen LogP contribution < -0.4 is 11.2 Å². The summed E-state index contributed by atoms with van der Waals surface area (Å²) in [7, 11) is -4.30. The minimum Gasteiger partial charge on any atom is -0.352 e. The lowest BCUT2D eigenvalue weighted by molar-refractivity contribution is -0.0271. The summed E-state index contributed by atoms with van der Waals surface area (Å²) in [6, 6.07) is 0. The van der Waals surface area contributed by atoms with E-state index in [-0.39, 0.29) is 11.6 Å². The number of rotatable bonds is 4. The van der Waals surface area contributed by atoms with Crippen LogP contribution in [0, 0.1) is 0 Å². The lowest BCUT2D eigenvalue weighted by atomic mass is 10.2. The van der Waals surface area contributed by atoms with Gasteiger partial charge >= 0.3 is 13.9 Å². The molecule has 112 valence electrons. The zero-order valence-electron chi connectivity index (χ0n) is 10.1. The molecule has 4 N–H and O–H groups in total. The predicted octanol–water partition coefficient (Wildman–Crippen LogP) is -0.461.